The Morgan fingerprint density at radius 1 is 1.27 bits per heavy atom. The van der Waals surface area contributed by atoms with Crippen LogP contribution >= 0.6 is 23.2 Å². The van der Waals surface area contributed by atoms with Gasteiger partial charge < -0.3 is 4.90 Å². The number of aromatic nitrogens is 6. The number of nitrogens with zero attached hydrogens (tertiary/aromatic N) is 7. The van der Waals surface area contributed by atoms with Crippen LogP contribution in [0.3, 0.4) is 0 Å². The summed E-state index contributed by atoms with van der Waals surface area (Å²) < 4.78 is 5.04. The van der Waals surface area contributed by atoms with Crippen LogP contribution in [0.25, 0.3) is 0 Å². The monoisotopic (exact) mass is 395 g/mol. The summed E-state index contributed by atoms with van der Waals surface area (Å²) >= 11 is 12.3. The first kappa shape index (κ1) is 18.5. The minimum atomic E-state index is -0.201. The average Bonchev–Trinajstić information content (AvgIpc) is 3.26. The Labute approximate surface area is 160 Å². The van der Waals surface area contributed by atoms with E-state index in [2.05, 4.69) is 15.3 Å². The average molecular weight is 396 g/mol. The molecule has 0 aliphatic heterocycles. The lowest BCUT2D eigenvalue weighted by atomic mass is 10.3. The van der Waals surface area contributed by atoms with Crippen LogP contribution < -0.4 is 0 Å². The number of carbonyl (C=O) groups excluding carboxylic acids is 1. The summed E-state index contributed by atoms with van der Waals surface area (Å²) in [6.07, 6.45) is 3.30. The molecule has 0 unspecified atom stereocenters. The molecule has 0 fully saturated rings. The van der Waals surface area contributed by atoms with Gasteiger partial charge in [0.05, 0.1) is 39.9 Å². The van der Waals surface area contributed by atoms with Crippen LogP contribution in [0, 0.1) is 13.8 Å². The maximum absolute atomic E-state index is 12.6. The number of halogens is 2. The first-order valence-electron chi connectivity index (χ1n) is 7.92. The molecule has 0 bridgehead atoms. The third-order valence-electron chi connectivity index (χ3n) is 4.18. The first-order valence-corrected chi connectivity index (χ1v) is 8.68. The predicted octanol–water partition coefficient (Wildman–Crippen LogP) is 2.51. The molecule has 0 aliphatic rings. The highest BCUT2D eigenvalue weighted by Crippen LogP contribution is 2.19. The maximum Gasteiger partial charge on any atom is 0.274 e. The van der Waals surface area contributed by atoms with Crippen molar-refractivity contribution in [3.63, 3.8) is 0 Å². The molecule has 1 amide bonds. The summed E-state index contributed by atoms with van der Waals surface area (Å²) in [5.41, 5.74) is 2.73. The van der Waals surface area contributed by atoms with Crippen molar-refractivity contribution in [2.75, 3.05) is 7.05 Å². The molecule has 10 heteroatoms. The lowest BCUT2D eigenvalue weighted by Crippen LogP contribution is -2.28. The van der Waals surface area contributed by atoms with Crippen LogP contribution in [0.1, 0.15) is 27.6 Å². The molecule has 0 saturated carbocycles. The Bertz CT molecular complexity index is 937. The fourth-order valence-corrected chi connectivity index (χ4v) is 2.97. The van der Waals surface area contributed by atoms with Crippen molar-refractivity contribution in [3.05, 3.63) is 51.3 Å². The number of aryl methyl sites for hydroxylation is 2. The molecule has 3 rings (SSSR count). The van der Waals surface area contributed by atoms with Gasteiger partial charge in [0.25, 0.3) is 5.91 Å². The molecule has 0 aromatic carbocycles. The van der Waals surface area contributed by atoms with Gasteiger partial charge in [0, 0.05) is 20.3 Å². The molecule has 3 heterocycles. The molecule has 3 aromatic heterocycles. The molecular weight excluding hydrogens is 377 g/mol. The van der Waals surface area contributed by atoms with Crippen molar-refractivity contribution in [1.29, 1.82) is 0 Å². The van der Waals surface area contributed by atoms with Crippen molar-refractivity contribution in [2.45, 2.75) is 27.1 Å². The Hall–Kier alpha value is -2.32. The van der Waals surface area contributed by atoms with Gasteiger partial charge >= 0.3 is 0 Å². The number of amides is 1. The lowest BCUT2D eigenvalue weighted by molar-refractivity contribution is 0.0775. The molecule has 3 aromatic rings. The van der Waals surface area contributed by atoms with Gasteiger partial charge in [-0.2, -0.15) is 15.3 Å². The molecule has 0 saturated heterocycles. The van der Waals surface area contributed by atoms with E-state index in [1.54, 1.807) is 51.5 Å². The van der Waals surface area contributed by atoms with Crippen molar-refractivity contribution in [1.82, 2.24) is 34.2 Å². The van der Waals surface area contributed by atoms with E-state index < -0.39 is 0 Å². The van der Waals surface area contributed by atoms with Crippen LogP contribution in [0.4, 0.5) is 0 Å². The second kappa shape index (κ2) is 7.13. The topological polar surface area (TPSA) is 73.8 Å². The largest absolute Gasteiger partial charge is 0.334 e. The van der Waals surface area contributed by atoms with Gasteiger partial charge in [-0.05, 0) is 19.9 Å². The Morgan fingerprint density at radius 2 is 2.00 bits per heavy atom. The third kappa shape index (κ3) is 3.47. The number of carbonyl (C=O) groups is 1. The summed E-state index contributed by atoms with van der Waals surface area (Å²) in [5, 5.41) is 14.0. The number of hydrogen-bond donors (Lipinski definition) is 0. The smallest absolute Gasteiger partial charge is 0.274 e. The van der Waals surface area contributed by atoms with Gasteiger partial charge in [0.2, 0.25) is 0 Å². The number of hydrogen-bond acceptors (Lipinski definition) is 4. The van der Waals surface area contributed by atoms with E-state index in [4.69, 9.17) is 23.2 Å². The Balaban J connectivity index is 1.72. The van der Waals surface area contributed by atoms with Crippen LogP contribution in [0.15, 0.2) is 18.5 Å². The number of rotatable bonds is 5. The van der Waals surface area contributed by atoms with E-state index in [9.17, 15) is 4.79 Å². The highest BCUT2D eigenvalue weighted by molar-refractivity contribution is 6.31. The van der Waals surface area contributed by atoms with Crippen LogP contribution in [0.2, 0.25) is 10.0 Å². The zero-order valence-electron chi connectivity index (χ0n) is 14.9. The summed E-state index contributed by atoms with van der Waals surface area (Å²) in [6.45, 7) is 4.46. The third-order valence-corrected chi connectivity index (χ3v) is 5.04. The first-order chi connectivity index (χ1) is 12.3. The SMILES string of the molecule is Cc1nn(Cn2ccc(C(=O)N(C)Cc3c(Cl)cnn3C)n2)c(C)c1Cl. The van der Waals surface area contributed by atoms with Gasteiger partial charge in [-0.15, -0.1) is 0 Å². The minimum Gasteiger partial charge on any atom is -0.334 e. The van der Waals surface area contributed by atoms with Crippen molar-refractivity contribution in [2.24, 2.45) is 7.05 Å². The zero-order valence-corrected chi connectivity index (χ0v) is 16.5. The summed E-state index contributed by atoms with van der Waals surface area (Å²) in [5.74, 6) is -0.201. The summed E-state index contributed by atoms with van der Waals surface area (Å²) in [7, 11) is 3.49. The molecule has 0 N–H and O–H groups in total. The molecule has 0 aliphatic carbocycles. The van der Waals surface area contributed by atoms with Crippen LogP contribution in [-0.2, 0) is 20.3 Å². The van der Waals surface area contributed by atoms with Gasteiger partial charge in [0.1, 0.15) is 12.4 Å². The normalized spacial score (nSPS) is 11.2. The van der Waals surface area contributed by atoms with Crippen LogP contribution in [-0.4, -0.2) is 47.2 Å². The van der Waals surface area contributed by atoms with E-state index in [-0.39, 0.29) is 5.91 Å². The van der Waals surface area contributed by atoms with Crippen molar-refractivity contribution in [3.8, 4) is 0 Å². The fourth-order valence-electron chi connectivity index (χ4n) is 2.61. The van der Waals surface area contributed by atoms with Gasteiger partial charge in [-0.3, -0.25) is 14.2 Å². The second-order valence-corrected chi connectivity index (χ2v) is 6.88. The summed E-state index contributed by atoms with van der Waals surface area (Å²) in [4.78, 5) is 14.2. The maximum atomic E-state index is 12.6. The van der Waals surface area contributed by atoms with E-state index >= 15 is 0 Å². The van der Waals surface area contributed by atoms with Crippen molar-refractivity contribution >= 4 is 29.1 Å². The van der Waals surface area contributed by atoms with Gasteiger partial charge in [-0.1, -0.05) is 23.2 Å². The van der Waals surface area contributed by atoms with E-state index in [0.717, 1.165) is 17.1 Å². The van der Waals surface area contributed by atoms with Crippen molar-refractivity contribution < 1.29 is 4.79 Å². The molecule has 0 radical (unpaired) electrons. The Kier molecular flexibility index (Phi) is 5.06. The molecule has 26 heavy (non-hydrogen) atoms. The molecule has 0 atom stereocenters. The lowest BCUT2D eigenvalue weighted by Gasteiger charge is -2.16. The van der Waals surface area contributed by atoms with E-state index in [1.165, 1.54) is 0 Å². The second-order valence-electron chi connectivity index (χ2n) is 6.09. The zero-order chi connectivity index (χ0) is 19.0. The Morgan fingerprint density at radius 3 is 2.58 bits per heavy atom. The standard InChI is InChI=1S/C16H19Cl2N7O/c1-10-15(18)11(2)25(20-10)9-24-6-5-13(21-24)16(26)22(3)8-14-12(17)7-19-23(14)4/h5-7H,8-9H2,1-4H3. The molecule has 138 valence electrons. The highest BCUT2D eigenvalue weighted by atomic mass is 35.5. The van der Waals surface area contributed by atoms with E-state index in [0.29, 0.717) is 29.0 Å². The predicted molar refractivity (Wildman–Crippen MR) is 98.4 cm³/mol. The highest BCUT2D eigenvalue weighted by Gasteiger charge is 2.18. The quantitative estimate of drug-likeness (QED) is 0.664. The molecule has 0 spiro atoms. The fraction of sp³-hybridized carbons (Fsp3) is 0.375. The van der Waals surface area contributed by atoms with E-state index in [1.807, 2.05) is 13.8 Å². The molecular formula is C16H19Cl2N7O. The van der Waals surface area contributed by atoms with Gasteiger partial charge in [-0.25, -0.2) is 4.68 Å². The summed E-state index contributed by atoms with van der Waals surface area (Å²) in [6, 6.07) is 1.68. The van der Waals surface area contributed by atoms with Crippen LogP contribution in [0.5, 0.6) is 0 Å². The van der Waals surface area contributed by atoms with Gasteiger partial charge in [0.15, 0.2) is 0 Å². The molecule has 8 nitrogen and oxygen atoms in total. The minimum absolute atomic E-state index is 0.201.